The van der Waals surface area contributed by atoms with Crippen LogP contribution in [0.2, 0.25) is 15.1 Å². The van der Waals surface area contributed by atoms with Gasteiger partial charge in [0, 0.05) is 25.3 Å². The monoisotopic (exact) mass is 409 g/mol. The van der Waals surface area contributed by atoms with E-state index in [1.54, 1.807) is 12.1 Å². The maximum Gasteiger partial charge on any atom is 0.416 e. The van der Waals surface area contributed by atoms with Gasteiger partial charge in [-0.3, -0.25) is 5.43 Å². The predicted octanol–water partition coefficient (Wildman–Crippen LogP) is 6.18. The second kappa shape index (κ2) is 7.72. The quantitative estimate of drug-likeness (QED) is 0.481. The fourth-order valence-electron chi connectivity index (χ4n) is 1.91. The molecule has 0 bridgehead atoms. The summed E-state index contributed by atoms with van der Waals surface area (Å²) in [5, 5.41) is 4.03. The van der Waals surface area contributed by atoms with Gasteiger partial charge < -0.3 is 4.90 Å². The fourth-order valence-corrected chi connectivity index (χ4v) is 2.70. The largest absolute Gasteiger partial charge is 0.416 e. The first-order valence-electron chi connectivity index (χ1n) is 6.92. The molecule has 0 amide bonds. The molecule has 0 saturated heterocycles. The lowest BCUT2D eigenvalue weighted by Gasteiger charge is -2.13. The summed E-state index contributed by atoms with van der Waals surface area (Å²) < 4.78 is 38.1. The topological polar surface area (TPSA) is 27.6 Å². The Morgan fingerprint density at radius 2 is 1.60 bits per heavy atom. The maximum absolute atomic E-state index is 12.7. The van der Waals surface area contributed by atoms with E-state index in [-0.39, 0.29) is 15.7 Å². The zero-order valence-corrected chi connectivity index (χ0v) is 15.4. The number of hydrazone groups is 1. The summed E-state index contributed by atoms with van der Waals surface area (Å²) >= 11 is 17.9. The molecule has 25 heavy (non-hydrogen) atoms. The fraction of sp³-hybridized carbons (Fsp3) is 0.188. The molecule has 0 aromatic heterocycles. The molecule has 1 N–H and O–H groups in total. The Bertz CT molecular complexity index is 782. The van der Waals surface area contributed by atoms with Gasteiger partial charge >= 0.3 is 6.18 Å². The molecule has 0 aliphatic carbocycles. The Labute approximate surface area is 158 Å². The zero-order chi connectivity index (χ0) is 18.8. The van der Waals surface area contributed by atoms with Gasteiger partial charge in [-0.2, -0.15) is 18.3 Å². The minimum Gasteiger partial charge on any atom is -0.378 e. The van der Waals surface area contributed by atoms with Crippen molar-refractivity contribution in [3.63, 3.8) is 0 Å². The number of anilines is 2. The van der Waals surface area contributed by atoms with Crippen LogP contribution in [0.25, 0.3) is 0 Å². The van der Waals surface area contributed by atoms with Gasteiger partial charge in [0.2, 0.25) is 0 Å². The summed E-state index contributed by atoms with van der Waals surface area (Å²) in [5.74, 6) is 0. The minimum atomic E-state index is -4.53. The summed E-state index contributed by atoms with van der Waals surface area (Å²) in [6.45, 7) is 0. The van der Waals surface area contributed by atoms with Crippen molar-refractivity contribution in [2.45, 2.75) is 6.18 Å². The zero-order valence-electron chi connectivity index (χ0n) is 13.1. The first-order valence-corrected chi connectivity index (χ1v) is 8.05. The standard InChI is InChI=1S/C16H13Cl3F3N3/c1-25(2)11-4-3-9(12(17)7-11)8-23-24-15-13(18)5-10(6-14(15)19)16(20,21)22/h3-8,24H,1-2H3. The van der Waals surface area contributed by atoms with Crippen LogP contribution in [0.15, 0.2) is 35.4 Å². The third kappa shape index (κ3) is 4.93. The van der Waals surface area contributed by atoms with Gasteiger partial charge in [-0.05, 0) is 30.3 Å². The third-order valence-corrected chi connectivity index (χ3v) is 4.17. The molecule has 2 aromatic carbocycles. The van der Waals surface area contributed by atoms with Crippen LogP contribution in [-0.4, -0.2) is 20.3 Å². The van der Waals surface area contributed by atoms with E-state index in [9.17, 15) is 13.2 Å². The highest BCUT2D eigenvalue weighted by Crippen LogP contribution is 2.38. The molecular weight excluding hydrogens is 398 g/mol. The van der Waals surface area contributed by atoms with Gasteiger partial charge in [0.1, 0.15) is 0 Å². The first-order chi connectivity index (χ1) is 11.6. The van der Waals surface area contributed by atoms with Crippen LogP contribution in [-0.2, 0) is 6.18 Å². The number of nitrogens with one attached hydrogen (secondary N) is 1. The van der Waals surface area contributed by atoms with Crippen LogP contribution in [0.5, 0.6) is 0 Å². The predicted molar refractivity (Wildman–Crippen MR) is 98.5 cm³/mol. The Balaban J connectivity index is 2.20. The summed E-state index contributed by atoms with van der Waals surface area (Å²) in [6, 6.07) is 6.94. The molecule has 134 valence electrons. The number of hydrogen-bond donors (Lipinski definition) is 1. The van der Waals surface area contributed by atoms with E-state index in [0.29, 0.717) is 10.6 Å². The van der Waals surface area contributed by atoms with Crippen LogP contribution in [0.4, 0.5) is 24.5 Å². The second-order valence-electron chi connectivity index (χ2n) is 5.28. The second-order valence-corrected chi connectivity index (χ2v) is 6.50. The Morgan fingerprint density at radius 3 is 2.08 bits per heavy atom. The average Bonchev–Trinajstić information content (AvgIpc) is 2.50. The smallest absolute Gasteiger partial charge is 0.378 e. The van der Waals surface area contributed by atoms with Crippen LogP contribution >= 0.6 is 34.8 Å². The molecule has 0 aliphatic heterocycles. The highest BCUT2D eigenvalue weighted by Gasteiger charge is 2.32. The van der Waals surface area contributed by atoms with Gasteiger partial charge in [0.15, 0.2) is 0 Å². The average molecular weight is 411 g/mol. The molecule has 2 aromatic rings. The van der Waals surface area contributed by atoms with Gasteiger partial charge in [-0.15, -0.1) is 0 Å². The van der Waals surface area contributed by atoms with E-state index in [1.807, 2.05) is 25.1 Å². The molecule has 0 spiro atoms. The normalized spacial score (nSPS) is 11.8. The summed E-state index contributed by atoms with van der Waals surface area (Å²) in [7, 11) is 3.77. The van der Waals surface area contributed by atoms with E-state index in [0.717, 1.165) is 17.8 Å². The molecule has 2 rings (SSSR count). The molecule has 0 fully saturated rings. The molecule has 0 saturated carbocycles. The minimum absolute atomic E-state index is 0.0774. The van der Waals surface area contributed by atoms with Crippen molar-refractivity contribution >= 4 is 52.4 Å². The molecule has 3 nitrogen and oxygen atoms in total. The third-order valence-electron chi connectivity index (χ3n) is 3.25. The van der Waals surface area contributed by atoms with Crippen molar-refractivity contribution in [1.82, 2.24) is 0 Å². The number of benzene rings is 2. The lowest BCUT2D eigenvalue weighted by Crippen LogP contribution is -2.08. The first kappa shape index (κ1) is 19.7. The van der Waals surface area contributed by atoms with Crippen LogP contribution in [0, 0.1) is 0 Å². The maximum atomic E-state index is 12.7. The van der Waals surface area contributed by atoms with E-state index >= 15 is 0 Å². The lowest BCUT2D eigenvalue weighted by molar-refractivity contribution is -0.137. The summed E-state index contributed by atoms with van der Waals surface area (Å²) in [4.78, 5) is 1.90. The molecule has 0 atom stereocenters. The van der Waals surface area contributed by atoms with Crippen molar-refractivity contribution < 1.29 is 13.2 Å². The lowest BCUT2D eigenvalue weighted by atomic mass is 10.2. The van der Waals surface area contributed by atoms with E-state index in [2.05, 4.69) is 10.5 Å². The van der Waals surface area contributed by atoms with Gasteiger partial charge in [0.05, 0.1) is 32.5 Å². The van der Waals surface area contributed by atoms with Crippen molar-refractivity contribution in [3.8, 4) is 0 Å². The number of hydrogen-bond acceptors (Lipinski definition) is 3. The van der Waals surface area contributed by atoms with E-state index in [4.69, 9.17) is 34.8 Å². The van der Waals surface area contributed by atoms with Gasteiger partial charge in [-0.25, -0.2) is 0 Å². The van der Waals surface area contributed by atoms with Gasteiger partial charge in [0.25, 0.3) is 0 Å². The number of rotatable bonds is 4. The summed E-state index contributed by atoms with van der Waals surface area (Å²) in [5.41, 5.74) is 3.23. The number of halogens is 6. The van der Waals surface area contributed by atoms with Crippen LogP contribution in [0.3, 0.4) is 0 Å². The highest BCUT2D eigenvalue weighted by atomic mass is 35.5. The van der Waals surface area contributed by atoms with Crippen molar-refractivity contribution in [2.75, 3.05) is 24.4 Å². The van der Waals surface area contributed by atoms with Crippen LogP contribution < -0.4 is 10.3 Å². The summed E-state index contributed by atoms with van der Waals surface area (Å²) in [6.07, 6.45) is -3.11. The molecule has 0 heterocycles. The molecule has 0 radical (unpaired) electrons. The highest BCUT2D eigenvalue weighted by molar-refractivity contribution is 6.39. The molecule has 0 aliphatic rings. The van der Waals surface area contributed by atoms with Gasteiger partial charge in [-0.1, -0.05) is 34.8 Å². The van der Waals surface area contributed by atoms with Crippen molar-refractivity contribution in [1.29, 1.82) is 0 Å². The SMILES string of the molecule is CN(C)c1ccc(C=NNc2c(Cl)cc(C(F)(F)F)cc2Cl)c(Cl)c1. The van der Waals surface area contributed by atoms with Crippen LogP contribution in [0.1, 0.15) is 11.1 Å². The van der Waals surface area contributed by atoms with E-state index in [1.165, 1.54) is 6.21 Å². The van der Waals surface area contributed by atoms with E-state index < -0.39 is 11.7 Å². The van der Waals surface area contributed by atoms with Crippen molar-refractivity contribution in [2.24, 2.45) is 5.10 Å². The number of nitrogens with zero attached hydrogens (tertiary/aromatic N) is 2. The number of alkyl halides is 3. The Morgan fingerprint density at radius 1 is 1.00 bits per heavy atom. The molecular formula is C16H13Cl3F3N3. The van der Waals surface area contributed by atoms with Crippen molar-refractivity contribution in [3.05, 3.63) is 56.5 Å². The molecule has 9 heteroatoms. The molecule has 0 unspecified atom stereocenters. The Kier molecular flexibility index (Phi) is 6.08. The Hall–Kier alpha value is -1.63.